The van der Waals surface area contributed by atoms with Crippen molar-refractivity contribution in [2.75, 3.05) is 26.3 Å². The number of H-pyrrole nitrogens is 1. The molecule has 4 rings (SSSR count). The second kappa shape index (κ2) is 6.46. The minimum Gasteiger partial charge on any atom is -0.465 e. The van der Waals surface area contributed by atoms with Gasteiger partial charge >= 0.3 is 6.09 Å². The first-order chi connectivity index (χ1) is 12.1. The Balaban J connectivity index is 1.54. The van der Waals surface area contributed by atoms with Crippen LogP contribution in [0.5, 0.6) is 0 Å². The Bertz CT molecular complexity index is 686. The van der Waals surface area contributed by atoms with E-state index in [1.807, 2.05) is 12.1 Å². The van der Waals surface area contributed by atoms with E-state index in [4.69, 9.17) is 4.74 Å². The average Bonchev–Trinajstić information content (AvgIpc) is 2.61. The van der Waals surface area contributed by atoms with E-state index < -0.39 is 11.8 Å². The first-order valence-electron chi connectivity index (χ1n) is 9.14. The summed E-state index contributed by atoms with van der Waals surface area (Å²) in [6, 6.07) is 3.74. The molecule has 2 N–H and O–H groups in total. The molecule has 0 radical (unpaired) electrons. The third-order valence-corrected chi connectivity index (χ3v) is 6.15. The fourth-order valence-electron chi connectivity index (χ4n) is 4.97. The van der Waals surface area contributed by atoms with Crippen LogP contribution in [-0.4, -0.2) is 64.0 Å². The van der Waals surface area contributed by atoms with Gasteiger partial charge in [-0.2, -0.15) is 0 Å². The molecule has 0 saturated carbocycles. The summed E-state index contributed by atoms with van der Waals surface area (Å²) in [5, 5.41) is 9.80. The van der Waals surface area contributed by atoms with E-state index in [0.717, 1.165) is 50.8 Å². The highest BCUT2D eigenvalue weighted by molar-refractivity contribution is 5.67. The number of ether oxygens (including phenoxy) is 1. The molecule has 3 fully saturated rings. The molecule has 4 heterocycles. The summed E-state index contributed by atoms with van der Waals surface area (Å²) in [5.74, 6) is 0.236. The van der Waals surface area contributed by atoms with Crippen LogP contribution in [0.25, 0.3) is 0 Å². The highest BCUT2D eigenvalue weighted by Crippen LogP contribution is 2.41. The van der Waals surface area contributed by atoms with Crippen molar-refractivity contribution in [1.82, 2.24) is 14.8 Å². The van der Waals surface area contributed by atoms with E-state index in [9.17, 15) is 14.7 Å². The third-order valence-electron chi connectivity index (χ3n) is 6.15. The van der Waals surface area contributed by atoms with E-state index >= 15 is 0 Å². The molecule has 2 atom stereocenters. The van der Waals surface area contributed by atoms with Crippen LogP contribution in [-0.2, 0) is 4.74 Å². The number of nitrogens with zero attached hydrogens (tertiary/aromatic N) is 2. The van der Waals surface area contributed by atoms with Gasteiger partial charge in [-0.25, -0.2) is 4.79 Å². The lowest BCUT2D eigenvalue weighted by atomic mass is 9.84. The van der Waals surface area contributed by atoms with Crippen LogP contribution in [0.2, 0.25) is 0 Å². The summed E-state index contributed by atoms with van der Waals surface area (Å²) in [4.78, 5) is 30.7. The molecule has 1 aromatic rings. The molecule has 136 valence electrons. The molecule has 2 bridgehead atoms. The zero-order valence-corrected chi connectivity index (χ0v) is 14.3. The first-order valence-corrected chi connectivity index (χ1v) is 9.14. The second-order valence-corrected chi connectivity index (χ2v) is 7.41. The lowest BCUT2D eigenvalue weighted by molar-refractivity contribution is -0.186. The molecule has 1 amide bonds. The van der Waals surface area contributed by atoms with Crippen molar-refractivity contribution in [2.24, 2.45) is 0 Å². The number of fused-ring (bicyclic) bond motifs is 2. The normalized spacial score (nSPS) is 31.0. The SMILES string of the molecule is O=C(O)N1C2CCCC1(N1CCC(c3ccc[nH]c3=O)CC1)COC2. The highest BCUT2D eigenvalue weighted by atomic mass is 16.5. The number of piperidine rings is 2. The van der Waals surface area contributed by atoms with Gasteiger partial charge in [0.15, 0.2) is 0 Å². The second-order valence-electron chi connectivity index (χ2n) is 7.41. The quantitative estimate of drug-likeness (QED) is 0.852. The fourth-order valence-corrected chi connectivity index (χ4v) is 4.97. The lowest BCUT2D eigenvalue weighted by Crippen LogP contribution is -2.73. The Morgan fingerprint density at radius 2 is 2.12 bits per heavy atom. The number of likely N-dealkylation sites (tertiary alicyclic amines) is 1. The van der Waals surface area contributed by atoms with Crippen molar-refractivity contribution in [3.05, 3.63) is 34.2 Å². The van der Waals surface area contributed by atoms with Crippen molar-refractivity contribution in [3.63, 3.8) is 0 Å². The molecular formula is C18H25N3O4. The molecule has 3 saturated heterocycles. The van der Waals surface area contributed by atoms with Gasteiger partial charge in [0.05, 0.1) is 19.3 Å². The van der Waals surface area contributed by atoms with Gasteiger partial charge in [-0.15, -0.1) is 0 Å². The molecule has 3 aliphatic heterocycles. The van der Waals surface area contributed by atoms with Crippen LogP contribution in [0, 0.1) is 0 Å². The number of carboxylic acid groups (broad SMARTS) is 1. The van der Waals surface area contributed by atoms with E-state index in [1.165, 1.54) is 0 Å². The van der Waals surface area contributed by atoms with Gasteiger partial charge in [-0.1, -0.05) is 6.07 Å². The molecule has 3 aliphatic rings. The van der Waals surface area contributed by atoms with Crippen molar-refractivity contribution in [2.45, 2.75) is 49.7 Å². The van der Waals surface area contributed by atoms with Crippen molar-refractivity contribution in [1.29, 1.82) is 0 Å². The molecule has 2 unspecified atom stereocenters. The number of carbonyl (C=O) groups is 1. The van der Waals surface area contributed by atoms with Crippen LogP contribution in [0.4, 0.5) is 4.79 Å². The standard InChI is InChI=1S/C18H25N3O4/c22-16-15(4-2-8-19-16)13-5-9-20(10-6-13)18-7-1-3-14(11-25-12-18)21(18)17(23)24/h2,4,8,13-14H,1,3,5-7,9-12H2,(H,19,22)(H,23,24). The largest absolute Gasteiger partial charge is 0.465 e. The number of rotatable bonds is 2. The van der Waals surface area contributed by atoms with E-state index in [2.05, 4.69) is 9.88 Å². The van der Waals surface area contributed by atoms with Gasteiger partial charge in [-0.05, 0) is 44.1 Å². The van der Waals surface area contributed by atoms with Crippen molar-refractivity contribution >= 4 is 6.09 Å². The molecule has 7 heteroatoms. The maximum absolute atomic E-state index is 12.0. The number of pyridine rings is 1. The van der Waals surface area contributed by atoms with Gasteiger partial charge in [0.1, 0.15) is 5.66 Å². The minimum atomic E-state index is -0.838. The Kier molecular flexibility index (Phi) is 4.29. The Morgan fingerprint density at radius 1 is 1.32 bits per heavy atom. The van der Waals surface area contributed by atoms with Gasteiger partial charge in [0.2, 0.25) is 0 Å². The Labute approximate surface area is 146 Å². The zero-order valence-electron chi connectivity index (χ0n) is 14.3. The number of nitrogens with one attached hydrogen (secondary N) is 1. The third kappa shape index (κ3) is 2.75. The first kappa shape index (κ1) is 16.6. The summed E-state index contributed by atoms with van der Waals surface area (Å²) in [7, 11) is 0. The number of aromatic amines is 1. The summed E-state index contributed by atoms with van der Waals surface area (Å²) < 4.78 is 5.80. The predicted octanol–water partition coefficient (Wildman–Crippen LogP) is 1.81. The highest BCUT2D eigenvalue weighted by Gasteiger charge is 2.53. The maximum Gasteiger partial charge on any atom is 0.409 e. The zero-order chi connectivity index (χ0) is 17.4. The van der Waals surface area contributed by atoms with Gasteiger partial charge < -0.3 is 14.8 Å². The number of hydrogen-bond acceptors (Lipinski definition) is 4. The monoisotopic (exact) mass is 347 g/mol. The van der Waals surface area contributed by atoms with Crippen LogP contribution >= 0.6 is 0 Å². The average molecular weight is 347 g/mol. The van der Waals surface area contributed by atoms with Gasteiger partial charge in [0, 0.05) is 24.8 Å². The lowest BCUT2D eigenvalue weighted by Gasteiger charge is -2.58. The summed E-state index contributed by atoms with van der Waals surface area (Å²) in [6.45, 7) is 2.54. The van der Waals surface area contributed by atoms with Crippen molar-refractivity contribution in [3.8, 4) is 0 Å². The molecule has 1 aromatic heterocycles. The number of hydrogen-bond donors (Lipinski definition) is 2. The van der Waals surface area contributed by atoms with E-state index in [0.29, 0.717) is 13.2 Å². The van der Waals surface area contributed by atoms with E-state index in [1.54, 1.807) is 11.1 Å². The number of amides is 1. The van der Waals surface area contributed by atoms with Crippen LogP contribution in [0.1, 0.15) is 43.6 Å². The summed E-state index contributed by atoms with van der Waals surface area (Å²) >= 11 is 0. The number of morpholine rings is 1. The van der Waals surface area contributed by atoms with Crippen molar-refractivity contribution < 1.29 is 14.6 Å². The van der Waals surface area contributed by atoms with Crippen LogP contribution < -0.4 is 5.56 Å². The van der Waals surface area contributed by atoms with E-state index in [-0.39, 0.29) is 17.5 Å². The molecule has 0 spiro atoms. The Morgan fingerprint density at radius 3 is 2.84 bits per heavy atom. The van der Waals surface area contributed by atoms with Crippen LogP contribution in [0.15, 0.2) is 23.1 Å². The molecule has 0 aromatic carbocycles. The molecule has 0 aliphatic carbocycles. The smallest absolute Gasteiger partial charge is 0.409 e. The number of aromatic nitrogens is 1. The fraction of sp³-hybridized carbons (Fsp3) is 0.667. The maximum atomic E-state index is 12.0. The topological polar surface area (TPSA) is 85.9 Å². The molecule has 7 nitrogen and oxygen atoms in total. The molecular weight excluding hydrogens is 322 g/mol. The Hall–Kier alpha value is -1.86. The van der Waals surface area contributed by atoms with Gasteiger partial charge in [-0.3, -0.25) is 14.6 Å². The van der Waals surface area contributed by atoms with Gasteiger partial charge in [0.25, 0.3) is 5.56 Å². The summed E-state index contributed by atoms with van der Waals surface area (Å²) in [5.41, 5.74) is 0.308. The molecule has 25 heavy (non-hydrogen) atoms. The minimum absolute atomic E-state index is 0.00925. The predicted molar refractivity (Wildman–Crippen MR) is 91.7 cm³/mol. The summed E-state index contributed by atoms with van der Waals surface area (Å²) in [6.07, 6.45) is 5.30. The van der Waals surface area contributed by atoms with Crippen LogP contribution in [0.3, 0.4) is 0 Å².